The minimum Gasteiger partial charge on any atom is -0.493 e. The smallest absolute Gasteiger partial charge is 0.161 e. The topological polar surface area (TPSA) is 27.7 Å². The van der Waals surface area contributed by atoms with Crippen molar-refractivity contribution in [1.29, 1.82) is 0 Å². The van der Waals surface area contributed by atoms with E-state index < -0.39 is 0 Å². The maximum absolute atomic E-state index is 5.92. The van der Waals surface area contributed by atoms with Gasteiger partial charge < -0.3 is 14.2 Å². The summed E-state index contributed by atoms with van der Waals surface area (Å²) in [5, 5.41) is 2.33. The first-order chi connectivity index (χ1) is 11.9. The number of rotatable bonds is 8. The molecule has 24 heavy (non-hydrogen) atoms. The fourth-order valence-electron chi connectivity index (χ4n) is 2.59. The van der Waals surface area contributed by atoms with Crippen LogP contribution in [0.5, 0.6) is 17.2 Å². The van der Waals surface area contributed by atoms with E-state index >= 15 is 0 Å². The Balaban J connectivity index is 1.51. The van der Waals surface area contributed by atoms with Crippen LogP contribution in [0.2, 0.25) is 0 Å². The summed E-state index contributed by atoms with van der Waals surface area (Å²) in [5.41, 5.74) is 0. The van der Waals surface area contributed by atoms with E-state index in [2.05, 4.69) is 18.2 Å². The van der Waals surface area contributed by atoms with Gasteiger partial charge in [0.15, 0.2) is 11.5 Å². The van der Waals surface area contributed by atoms with Crippen LogP contribution < -0.4 is 14.2 Å². The van der Waals surface area contributed by atoms with Gasteiger partial charge >= 0.3 is 0 Å². The van der Waals surface area contributed by atoms with Gasteiger partial charge in [-0.1, -0.05) is 48.5 Å². The zero-order valence-electron chi connectivity index (χ0n) is 13.9. The van der Waals surface area contributed by atoms with Crippen molar-refractivity contribution in [3.8, 4) is 17.2 Å². The second-order valence-corrected chi connectivity index (χ2v) is 5.41. The second-order valence-electron chi connectivity index (χ2n) is 5.41. The molecule has 0 N–H and O–H groups in total. The lowest BCUT2D eigenvalue weighted by Gasteiger charge is -2.12. The van der Waals surface area contributed by atoms with Gasteiger partial charge in [-0.25, -0.2) is 0 Å². The molecule has 3 heteroatoms. The van der Waals surface area contributed by atoms with E-state index in [4.69, 9.17) is 14.2 Å². The Morgan fingerprint density at radius 1 is 0.625 bits per heavy atom. The fourth-order valence-corrected chi connectivity index (χ4v) is 2.59. The Hall–Kier alpha value is -2.68. The molecule has 0 atom stereocenters. The third kappa shape index (κ3) is 3.99. The molecule has 3 nitrogen and oxygen atoms in total. The lowest BCUT2D eigenvalue weighted by Crippen LogP contribution is -2.06. The number of fused-ring (bicyclic) bond motifs is 1. The standard InChI is InChI=1S/C21H22O3/c1-2-22-20-12-5-6-13-21(20)24-16-8-15-23-19-14-7-10-17-9-3-4-11-18(17)19/h3-7,9-14H,2,8,15-16H2,1H3. The van der Waals surface area contributed by atoms with Crippen LogP contribution in [0.3, 0.4) is 0 Å². The molecule has 0 unspecified atom stereocenters. The Labute approximate surface area is 142 Å². The number of ether oxygens (including phenoxy) is 3. The average Bonchev–Trinajstić information content (AvgIpc) is 2.63. The highest BCUT2D eigenvalue weighted by molar-refractivity contribution is 5.88. The molecule has 0 spiro atoms. The minimum atomic E-state index is 0.592. The van der Waals surface area contributed by atoms with Crippen molar-refractivity contribution in [2.24, 2.45) is 0 Å². The van der Waals surface area contributed by atoms with Crippen molar-refractivity contribution in [1.82, 2.24) is 0 Å². The van der Waals surface area contributed by atoms with E-state index in [1.165, 1.54) is 5.39 Å². The first-order valence-electron chi connectivity index (χ1n) is 8.33. The van der Waals surface area contributed by atoms with Gasteiger partial charge in [0.25, 0.3) is 0 Å². The summed E-state index contributed by atoms with van der Waals surface area (Å²) in [6.45, 7) is 3.80. The highest BCUT2D eigenvalue weighted by Crippen LogP contribution is 2.27. The van der Waals surface area contributed by atoms with E-state index in [1.54, 1.807) is 0 Å². The van der Waals surface area contributed by atoms with Gasteiger partial charge in [-0.3, -0.25) is 0 Å². The monoisotopic (exact) mass is 322 g/mol. The summed E-state index contributed by atoms with van der Waals surface area (Å²) in [5.74, 6) is 2.49. The van der Waals surface area contributed by atoms with E-state index in [0.717, 1.165) is 29.1 Å². The second kappa shape index (κ2) is 8.25. The molecule has 0 saturated heterocycles. The Kier molecular flexibility index (Phi) is 5.56. The highest BCUT2D eigenvalue weighted by Gasteiger charge is 2.04. The molecule has 0 aliphatic carbocycles. The minimum absolute atomic E-state index is 0.592. The number of para-hydroxylation sites is 2. The maximum Gasteiger partial charge on any atom is 0.161 e. The zero-order chi connectivity index (χ0) is 16.6. The highest BCUT2D eigenvalue weighted by atomic mass is 16.5. The molecular formula is C21H22O3. The van der Waals surface area contributed by atoms with Gasteiger partial charge in [-0.15, -0.1) is 0 Å². The average molecular weight is 322 g/mol. The van der Waals surface area contributed by atoms with E-state index in [0.29, 0.717) is 19.8 Å². The van der Waals surface area contributed by atoms with Crippen LogP contribution >= 0.6 is 0 Å². The molecule has 0 aliphatic heterocycles. The van der Waals surface area contributed by atoms with Crippen LogP contribution in [0.15, 0.2) is 66.7 Å². The Morgan fingerprint density at radius 2 is 1.21 bits per heavy atom. The van der Waals surface area contributed by atoms with Crippen molar-refractivity contribution in [2.75, 3.05) is 19.8 Å². The van der Waals surface area contributed by atoms with Gasteiger partial charge in [-0.2, -0.15) is 0 Å². The molecular weight excluding hydrogens is 300 g/mol. The summed E-state index contributed by atoms with van der Waals surface area (Å²) in [6, 6.07) is 22.1. The number of hydrogen-bond acceptors (Lipinski definition) is 3. The normalized spacial score (nSPS) is 10.5. The molecule has 0 aliphatic rings. The predicted molar refractivity (Wildman–Crippen MR) is 97.2 cm³/mol. The molecule has 0 heterocycles. The van der Waals surface area contributed by atoms with Crippen molar-refractivity contribution >= 4 is 10.8 Å². The van der Waals surface area contributed by atoms with Crippen LogP contribution in [0.25, 0.3) is 10.8 Å². The summed E-state index contributed by atoms with van der Waals surface area (Å²) in [4.78, 5) is 0. The zero-order valence-corrected chi connectivity index (χ0v) is 13.9. The van der Waals surface area contributed by atoms with E-state index in [9.17, 15) is 0 Å². The predicted octanol–water partition coefficient (Wildman–Crippen LogP) is 5.09. The molecule has 3 aromatic carbocycles. The van der Waals surface area contributed by atoms with Crippen molar-refractivity contribution < 1.29 is 14.2 Å². The largest absolute Gasteiger partial charge is 0.493 e. The van der Waals surface area contributed by atoms with Crippen molar-refractivity contribution in [3.63, 3.8) is 0 Å². The van der Waals surface area contributed by atoms with Gasteiger partial charge in [0.1, 0.15) is 5.75 Å². The van der Waals surface area contributed by atoms with Crippen LogP contribution in [-0.4, -0.2) is 19.8 Å². The summed E-state index contributed by atoms with van der Waals surface area (Å²) in [6.07, 6.45) is 0.809. The fraction of sp³-hybridized carbons (Fsp3) is 0.238. The molecule has 3 rings (SSSR count). The van der Waals surface area contributed by atoms with Crippen molar-refractivity contribution in [2.45, 2.75) is 13.3 Å². The van der Waals surface area contributed by atoms with Gasteiger partial charge in [0.05, 0.1) is 19.8 Å². The number of hydrogen-bond donors (Lipinski definition) is 0. The molecule has 0 fully saturated rings. The third-order valence-electron chi connectivity index (χ3n) is 3.70. The summed E-state index contributed by atoms with van der Waals surface area (Å²) in [7, 11) is 0. The Morgan fingerprint density at radius 3 is 2.00 bits per heavy atom. The van der Waals surface area contributed by atoms with Gasteiger partial charge in [-0.05, 0) is 30.5 Å². The molecule has 0 radical (unpaired) electrons. The molecule has 0 aromatic heterocycles. The van der Waals surface area contributed by atoms with Crippen LogP contribution in [0.4, 0.5) is 0 Å². The quantitative estimate of drug-likeness (QED) is 0.541. The van der Waals surface area contributed by atoms with Crippen molar-refractivity contribution in [3.05, 3.63) is 66.7 Å². The van der Waals surface area contributed by atoms with Gasteiger partial charge in [0.2, 0.25) is 0 Å². The molecule has 0 saturated carbocycles. The van der Waals surface area contributed by atoms with Crippen LogP contribution in [0, 0.1) is 0 Å². The Bertz CT molecular complexity index is 777. The maximum atomic E-state index is 5.92. The van der Waals surface area contributed by atoms with E-state index in [-0.39, 0.29) is 0 Å². The summed E-state index contributed by atoms with van der Waals surface area (Å²) < 4.78 is 17.3. The SMILES string of the molecule is CCOc1ccccc1OCCCOc1cccc2ccccc12. The van der Waals surface area contributed by atoms with E-state index in [1.807, 2.05) is 55.5 Å². The third-order valence-corrected chi connectivity index (χ3v) is 3.70. The lowest BCUT2D eigenvalue weighted by atomic mass is 10.1. The molecule has 124 valence electrons. The molecule has 0 bridgehead atoms. The first kappa shape index (κ1) is 16.2. The number of benzene rings is 3. The van der Waals surface area contributed by atoms with Gasteiger partial charge in [0, 0.05) is 11.8 Å². The molecule has 0 amide bonds. The first-order valence-corrected chi connectivity index (χ1v) is 8.33. The molecule has 3 aromatic rings. The van der Waals surface area contributed by atoms with Crippen LogP contribution in [0.1, 0.15) is 13.3 Å². The lowest BCUT2D eigenvalue weighted by molar-refractivity contribution is 0.237. The summed E-state index contributed by atoms with van der Waals surface area (Å²) >= 11 is 0. The van der Waals surface area contributed by atoms with Crippen LogP contribution in [-0.2, 0) is 0 Å².